The zero-order valence-electron chi connectivity index (χ0n) is 8.15. The summed E-state index contributed by atoms with van der Waals surface area (Å²) in [6.45, 7) is 0.0166. The average Bonchev–Trinajstić information content (AvgIpc) is 2.25. The van der Waals surface area contributed by atoms with Crippen LogP contribution in [0, 0.1) is 0 Å². The van der Waals surface area contributed by atoms with Crippen LogP contribution in [0.3, 0.4) is 0 Å². The molecule has 8 nitrogen and oxygen atoms in total. The SMILES string of the molecule is O=C(CSc1n[nH]c(=O)[nH]c1=O)NCCO. The van der Waals surface area contributed by atoms with E-state index in [1.54, 1.807) is 0 Å². The highest BCUT2D eigenvalue weighted by atomic mass is 32.2. The van der Waals surface area contributed by atoms with E-state index in [-0.39, 0.29) is 29.8 Å². The summed E-state index contributed by atoms with van der Waals surface area (Å²) in [7, 11) is 0. The van der Waals surface area contributed by atoms with Crippen LogP contribution in [-0.2, 0) is 4.79 Å². The van der Waals surface area contributed by atoms with E-state index in [9.17, 15) is 14.4 Å². The minimum atomic E-state index is -0.695. The summed E-state index contributed by atoms with van der Waals surface area (Å²) in [5.74, 6) is -0.339. The lowest BCUT2D eigenvalue weighted by molar-refractivity contribution is -0.118. The molecular formula is C7H10N4O4S. The van der Waals surface area contributed by atoms with E-state index in [1.807, 2.05) is 4.98 Å². The van der Waals surface area contributed by atoms with E-state index >= 15 is 0 Å². The molecule has 0 radical (unpaired) electrons. The minimum Gasteiger partial charge on any atom is -0.395 e. The van der Waals surface area contributed by atoms with Gasteiger partial charge in [-0.05, 0) is 0 Å². The molecule has 0 aliphatic carbocycles. The molecule has 9 heteroatoms. The van der Waals surface area contributed by atoms with Crippen molar-refractivity contribution in [2.45, 2.75) is 5.03 Å². The molecule has 0 unspecified atom stereocenters. The predicted molar refractivity (Wildman–Crippen MR) is 56.3 cm³/mol. The van der Waals surface area contributed by atoms with E-state index in [0.717, 1.165) is 11.8 Å². The largest absolute Gasteiger partial charge is 0.395 e. The van der Waals surface area contributed by atoms with Crippen molar-refractivity contribution in [1.29, 1.82) is 0 Å². The number of carbonyl (C=O) groups is 1. The van der Waals surface area contributed by atoms with Gasteiger partial charge in [0, 0.05) is 6.54 Å². The first-order valence-electron chi connectivity index (χ1n) is 4.33. The number of H-pyrrole nitrogens is 2. The Morgan fingerprint density at radius 1 is 1.50 bits per heavy atom. The van der Waals surface area contributed by atoms with Crippen molar-refractivity contribution < 1.29 is 9.90 Å². The van der Waals surface area contributed by atoms with Gasteiger partial charge in [-0.25, -0.2) is 9.89 Å². The van der Waals surface area contributed by atoms with Gasteiger partial charge in [0.25, 0.3) is 5.56 Å². The van der Waals surface area contributed by atoms with Crippen molar-refractivity contribution in [2.24, 2.45) is 0 Å². The molecule has 1 aromatic rings. The average molecular weight is 246 g/mol. The lowest BCUT2D eigenvalue weighted by Gasteiger charge is -2.01. The third-order valence-corrected chi connectivity index (χ3v) is 2.41. The van der Waals surface area contributed by atoms with E-state index in [1.165, 1.54) is 0 Å². The second-order valence-electron chi connectivity index (χ2n) is 2.67. The van der Waals surface area contributed by atoms with Gasteiger partial charge < -0.3 is 10.4 Å². The Kier molecular flexibility index (Phi) is 4.73. The summed E-state index contributed by atoms with van der Waals surface area (Å²) < 4.78 is 0. The maximum Gasteiger partial charge on any atom is 0.342 e. The first kappa shape index (κ1) is 12.5. The molecule has 0 aliphatic heterocycles. The summed E-state index contributed by atoms with van der Waals surface area (Å²) in [6, 6.07) is 0. The van der Waals surface area contributed by atoms with Crippen LogP contribution in [0.1, 0.15) is 0 Å². The molecule has 0 spiro atoms. The highest BCUT2D eigenvalue weighted by Crippen LogP contribution is 2.06. The van der Waals surface area contributed by atoms with Crippen LogP contribution < -0.4 is 16.6 Å². The van der Waals surface area contributed by atoms with Crippen molar-refractivity contribution in [1.82, 2.24) is 20.5 Å². The summed E-state index contributed by atoms with van der Waals surface area (Å²) in [5, 5.41) is 16.4. The van der Waals surface area contributed by atoms with E-state index in [2.05, 4.69) is 15.5 Å². The number of aromatic amines is 2. The number of amides is 1. The molecule has 0 fully saturated rings. The molecule has 0 bridgehead atoms. The Morgan fingerprint density at radius 2 is 2.25 bits per heavy atom. The van der Waals surface area contributed by atoms with Gasteiger partial charge in [-0.1, -0.05) is 11.8 Å². The standard InChI is InChI=1S/C7H10N4O4S/c12-2-1-8-4(13)3-16-6-5(14)9-7(15)11-10-6/h12H,1-3H2,(H,8,13)(H2,9,11,14,15). The van der Waals surface area contributed by atoms with Crippen LogP contribution in [0.25, 0.3) is 0 Å². The van der Waals surface area contributed by atoms with Gasteiger partial charge in [-0.3, -0.25) is 14.6 Å². The molecular weight excluding hydrogens is 236 g/mol. The monoisotopic (exact) mass is 246 g/mol. The summed E-state index contributed by atoms with van der Waals surface area (Å²) in [4.78, 5) is 34.9. The number of rotatable bonds is 5. The van der Waals surface area contributed by atoms with Gasteiger partial charge >= 0.3 is 5.69 Å². The number of aliphatic hydroxyl groups excluding tert-OH is 1. The summed E-state index contributed by atoms with van der Waals surface area (Å²) >= 11 is 0.896. The van der Waals surface area contributed by atoms with Crippen LogP contribution in [0.5, 0.6) is 0 Å². The van der Waals surface area contributed by atoms with Gasteiger partial charge in [0.1, 0.15) is 0 Å². The number of hydrogen-bond acceptors (Lipinski definition) is 6. The normalized spacial score (nSPS) is 10.1. The molecule has 1 rings (SSSR count). The topological polar surface area (TPSA) is 128 Å². The van der Waals surface area contributed by atoms with Crippen molar-refractivity contribution in [3.8, 4) is 0 Å². The first-order valence-corrected chi connectivity index (χ1v) is 5.31. The van der Waals surface area contributed by atoms with Crippen molar-refractivity contribution in [3.05, 3.63) is 20.8 Å². The van der Waals surface area contributed by atoms with Crippen molar-refractivity contribution in [2.75, 3.05) is 18.9 Å². The number of carbonyl (C=O) groups excluding carboxylic acids is 1. The fourth-order valence-corrected chi connectivity index (χ4v) is 1.48. The molecule has 88 valence electrons. The summed E-state index contributed by atoms with van der Waals surface area (Å²) in [5.41, 5.74) is -1.33. The zero-order chi connectivity index (χ0) is 12.0. The van der Waals surface area contributed by atoms with Crippen LogP contribution in [-0.4, -0.2) is 45.1 Å². The number of aliphatic hydroxyl groups is 1. The highest BCUT2D eigenvalue weighted by Gasteiger charge is 2.06. The molecule has 16 heavy (non-hydrogen) atoms. The van der Waals surface area contributed by atoms with E-state index in [4.69, 9.17) is 5.11 Å². The predicted octanol–water partition coefficient (Wildman–Crippen LogP) is -2.34. The minimum absolute atomic E-state index is 0.0118. The third-order valence-electron chi connectivity index (χ3n) is 1.45. The van der Waals surface area contributed by atoms with Gasteiger partial charge in [0.2, 0.25) is 5.91 Å². The maximum atomic E-state index is 11.1. The third kappa shape index (κ3) is 3.87. The highest BCUT2D eigenvalue weighted by molar-refractivity contribution is 7.99. The maximum absolute atomic E-state index is 11.1. The number of thioether (sulfide) groups is 1. The van der Waals surface area contributed by atoms with Crippen LogP contribution in [0.4, 0.5) is 0 Å². The molecule has 1 amide bonds. The number of nitrogens with zero attached hydrogens (tertiary/aromatic N) is 1. The summed E-state index contributed by atoms with van der Waals surface area (Å²) in [6.07, 6.45) is 0. The number of nitrogens with one attached hydrogen (secondary N) is 3. The first-order chi connectivity index (χ1) is 7.63. The Bertz CT molecular complexity index is 468. The molecule has 0 saturated carbocycles. The molecule has 1 heterocycles. The van der Waals surface area contributed by atoms with Crippen molar-refractivity contribution >= 4 is 17.7 Å². The van der Waals surface area contributed by atoms with Gasteiger partial charge in [0.05, 0.1) is 12.4 Å². The Balaban J connectivity index is 2.52. The van der Waals surface area contributed by atoms with Gasteiger partial charge in [0.15, 0.2) is 5.03 Å². The lowest BCUT2D eigenvalue weighted by Crippen LogP contribution is -2.29. The Labute approximate surface area is 93.5 Å². The van der Waals surface area contributed by atoms with E-state index < -0.39 is 11.2 Å². The zero-order valence-corrected chi connectivity index (χ0v) is 8.97. The number of hydrogen-bond donors (Lipinski definition) is 4. The van der Waals surface area contributed by atoms with Crippen LogP contribution >= 0.6 is 11.8 Å². The van der Waals surface area contributed by atoms with Crippen molar-refractivity contribution in [3.63, 3.8) is 0 Å². The second-order valence-corrected chi connectivity index (χ2v) is 3.64. The number of aromatic nitrogens is 3. The van der Waals surface area contributed by atoms with Gasteiger partial charge in [-0.2, -0.15) is 5.10 Å². The molecule has 0 atom stereocenters. The molecule has 0 aromatic carbocycles. The Morgan fingerprint density at radius 3 is 2.88 bits per heavy atom. The van der Waals surface area contributed by atoms with Gasteiger partial charge in [-0.15, -0.1) is 0 Å². The molecule has 0 saturated heterocycles. The van der Waals surface area contributed by atoms with Crippen LogP contribution in [0.15, 0.2) is 14.6 Å². The smallest absolute Gasteiger partial charge is 0.342 e. The van der Waals surface area contributed by atoms with E-state index in [0.29, 0.717) is 0 Å². The lowest BCUT2D eigenvalue weighted by atomic mass is 10.6. The molecule has 1 aromatic heterocycles. The fourth-order valence-electron chi connectivity index (χ4n) is 0.815. The molecule has 0 aliphatic rings. The van der Waals surface area contributed by atoms with Crippen LogP contribution in [0.2, 0.25) is 0 Å². The quantitative estimate of drug-likeness (QED) is 0.431. The second kappa shape index (κ2) is 6.08. The molecule has 4 N–H and O–H groups in total. The Hall–Kier alpha value is -1.61. The fraction of sp³-hybridized carbons (Fsp3) is 0.429.